The van der Waals surface area contributed by atoms with Crippen LogP contribution in [0.4, 0.5) is 10.5 Å². The van der Waals surface area contributed by atoms with E-state index in [4.69, 9.17) is 21.4 Å². The molecule has 1 fully saturated rings. The number of amides is 1. The molecule has 0 bridgehead atoms. The van der Waals surface area contributed by atoms with Gasteiger partial charge in [-0.05, 0) is 12.1 Å². The highest BCUT2D eigenvalue weighted by Gasteiger charge is 2.28. The minimum atomic E-state index is -0.460. The zero-order valence-corrected chi connectivity index (χ0v) is 9.35. The molecular weight excluding hydrogens is 230 g/mol. The Labute approximate surface area is 98.4 Å². The molecule has 1 N–H and O–H groups in total. The van der Waals surface area contributed by atoms with E-state index in [9.17, 15) is 4.79 Å². The zero-order valence-electron chi connectivity index (χ0n) is 8.60. The van der Waals surface area contributed by atoms with Crippen LogP contribution in [0.2, 0.25) is 5.02 Å². The summed E-state index contributed by atoms with van der Waals surface area (Å²) < 4.78 is 5.04. The zero-order chi connectivity index (χ0) is 11.5. The third kappa shape index (κ3) is 2.13. The van der Waals surface area contributed by atoms with Gasteiger partial charge in [-0.15, -0.1) is 0 Å². The fourth-order valence-electron chi connectivity index (χ4n) is 1.65. The molecule has 2 rings (SSSR count). The number of halogens is 1. The first-order valence-electron chi connectivity index (χ1n) is 5.06. The Morgan fingerprint density at radius 2 is 2.25 bits per heavy atom. The lowest BCUT2D eigenvalue weighted by atomic mass is 10.2. The highest BCUT2D eigenvalue weighted by molar-refractivity contribution is 6.33. The first kappa shape index (κ1) is 11.2. The molecule has 0 aromatic heterocycles. The summed E-state index contributed by atoms with van der Waals surface area (Å²) >= 11 is 5.99. The molecule has 5 heteroatoms. The quantitative estimate of drug-likeness (QED) is 0.862. The average molecular weight is 242 g/mol. The standard InChI is InChI=1S/C11H12ClNO3/c12-9-3-1-2-4-10(9)13-6-5-8(7-14)16-11(13)15/h1-4,8,14H,5-7H2. The molecule has 1 atom stereocenters. The molecule has 1 amide bonds. The monoisotopic (exact) mass is 241 g/mol. The van der Waals surface area contributed by atoms with Crippen LogP contribution in [0.15, 0.2) is 24.3 Å². The van der Waals surface area contributed by atoms with Gasteiger partial charge in [0.2, 0.25) is 0 Å². The van der Waals surface area contributed by atoms with Gasteiger partial charge in [-0.3, -0.25) is 4.90 Å². The average Bonchev–Trinajstić information content (AvgIpc) is 2.30. The predicted octanol–water partition coefficient (Wildman–Crippen LogP) is 2.05. The van der Waals surface area contributed by atoms with E-state index in [2.05, 4.69) is 0 Å². The molecule has 1 aromatic carbocycles. The number of carbonyl (C=O) groups is 1. The highest BCUT2D eigenvalue weighted by Crippen LogP contribution is 2.28. The Morgan fingerprint density at radius 3 is 2.88 bits per heavy atom. The van der Waals surface area contributed by atoms with Crippen LogP contribution in [0.5, 0.6) is 0 Å². The SMILES string of the molecule is O=C1OC(CO)CCN1c1ccccc1Cl. The molecule has 1 aliphatic rings. The lowest BCUT2D eigenvalue weighted by Gasteiger charge is -2.31. The molecule has 0 spiro atoms. The summed E-state index contributed by atoms with van der Waals surface area (Å²) in [5, 5.41) is 9.41. The van der Waals surface area contributed by atoms with E-state index in [1.807, 2.05) is 6.07 Å². The second-order valence-electron chi connectivity index (χ2n) is 3.58. The number of aliphatic hydroxyl groups excluding tert-OH is 1. The van der Waals surface area contributed by atoms with Gasteiger partial charge in [-0.1, -0.05) is 23.7 Å². The van der Waals surface area contributed by atoms with E-state index in [0.717, 1.165) is 0 Å². The molecule has 4 nitrogen and oxygen atoms in total. The number of rotatable bonds is 2. The minimum absolute atomic E-state index is 0.137. The number of hydrogen-bond acceptors (Lipinski definition) is 3. The van der Waals surface area contributed by atoms with Crippen LogP contribution in [0.1, 0.15) is 6.42 Å². The number of hydrogen-bond donors (Lipinski definition) is 1. The van der Waals surface area contributed by atoms with Gasteiger partial charge < -0.3 is 9.84 Å². The summed E-state index contributed by atoms with van der Waals surface area (Å²) in [5.74, 6) is 0. The molecule has 16 heavy (non-hydrogen) atoms. The van der Waals surface area contributed by atoms with Crippen molar-refractivity contribution in [1.82, 2.24) is 0 Å². The smallest absolute Gasteiger partial charge is 0.414 e. The first-order valence-corrected chi connectivity index (χ1v) is 5.43. The molecule has 1 aliphatic heterocycles. The van der Waals surface area contributed by atoms with Crippen molar-refractivity contribution in [2.75, 3.05) is 18.1 Å². The molecule has 1 saturated heterocycles. The van der Waals surface area contributed by atoms with Crippen molar-refractivity contribution in [3.8, 4) is 0 Å². The van der Waals surface area contributed by atoms with E-state index in [1.54, 1.807) is 18.2 Å². The second kappa shape index (κ2) is 4.72. The van der Waals surface area contributed by atoms with Crippen LogP contribution < -0.4 is 4.90 Å². The Hall–Kier alpha value is -1.26. The Balaban J connectivity index is 2.18. The van der Waals surface area contributed by atoms with Crippen molar-refractivity contribution in [3.05, 3.63) is 29.3 Å². The molecule has 0 saturated carbocycles. The van der Waals surface area contributed by atoms with Crippen LogP contribution in [-0.2, 0) is 4.74 Å². The number of carbonyl (C=O) groups excluding carboxylic acids is 1. The molecular formula is C11H12ClNO3. The summed E-state index contributed by atoms with van der Waals surface area (Å²) in [6, 6.07) is 7.11. The molecule has 0 aliphatic carbocycles. The number of cyclic esters (lactones) is 1. The number of aliphatic hydroxyl groups is 1. The fraction of sp³-hybridized carbons (Fsp3) is 0.364. The van der Waals surface area contributed by atoms with Gasteiger partial charge in [-0.2, -0.15) is 0 Å². The lowest BCUT2D eigenvalue weighted by molar-refractivity contribution is 0.0453. The van der Waals surface area contributed by atoms with Crippen molar-refractivity contribution in [3.63, 3.8) is 0 Å². The first-order chi connectivity index (χ1) is 7.72. The van der Waals surface area contributed by atoms with Gasteiger partial charge >= 0.3 is 6.09 Å². The maximum atomic E-state index is 11.7. The van der Waals surface area contributed by atoms with Crippen molar-refractivity contribution in [2.45, 2.75) is 12.5 Å². The van der Waals surface area contributed by atoms with Crippen molar-refractivity contribution in [1.29, 1.82) is 0 Å². The fourth-order valence-corrected chi connectivity index (χ4v) is 1.89. The lowest BCUT2D eigenvalue weighted by Crippen LogP contribution is -2.43. The summed E-state index contributed by atoms with van der Waals surface area (Å²) in [6.45, 7) is 0.371. The third-order valence-electron chi connectivity index (χ3n) is 2.51. The van der Waals surface area contributed by atoms with Crippen LogP contribution >= 0.6 is 11.6 Å². The van der Waals surface area contributed by atoms with E-state index in [-0.39, 0.29) is 6.61 Å². The van der Waals surface area contributed by atoms with Crippen molar-refractivity contribution >= 4 is 23.4 Å². The Bertz CT molecular complexity index is 397. The van der Waals surface area contributed by atoms with E-state index in [0.29, 0.717) is 23.7 Å². The van der Waals surface area contributed by atoms with Crippen LogP contribution in [0, 0.1) is 0 Å². The normalized spacial score (nSPS) is 20.8. The Morgan fingerprint density at radius 1 is 1.50 bits per heavy atom. The largest absolute Gasteiger partial charge is 0.443 e. The van der Waals surface area contributed by atoms with Gasteiger partial charge in [0.05, 0.1) is 17.3 Å². The number of nitrogens with zero attached hydrogens (tertiary/aromatic N) is 1. The predicted molar refractivity (Wildman–Crippen MR) is 60.8 cm³/mol. The van der Waals surface area contributed by atoms with E-state index in [1.165, 1.54) is 4.90 Å². The second-order valence-corrected chi connectivity index (χ2v) is 3.99. The van der Waals surface area contributed by atoms with Crippen LogP contribution in [0.3, 0.4) is 0 Å². The van der Waals surface area contributed by atoms with Gasteiger partial charge in [0.1, 0.15) is 6.10 Å². The van der Waals surface area contributed by atoms with E-state index >= 15 is 0 Å². The molecule has 1 heterocycles. The Kier molecular flexibility index (Phi) is 3.31. The molecule has 0 radical (unpaired) electrons. The van der Waals surface area contributed by atoms with Crippen molar-refractivity contribution < 1.29 is 14.6 Å². The summed E-state index contributed by atoms with van der Waals surface area (Å²) in [5.41, 5.74) is 0.644. The third-order valence-corrected chi connectivity index (χ3v) is 2.83. The van der Waals surface area contributed by atoms with Crippen molar-refractivity contribution in [2.24, 2.45) is 0 Å². The maximum Gasteiger partial charge on any atom is 0.414 e. The van der Waals surface area contributed by atoms with Crippen LogP contribution in [-0.4, -0.2) is 30.5 Å². The van der Waals surface area contributed by atoms with Gasteiger partial charge in [0, 0.05) is 13.0 Å². The number of anilines is 1. The minimum Gasteiger partial charge on any atom is -0.443 e. The molecule has 86 valence electrons. The van der Waals surface area contributed by atoms with E-state index < -0.39 is 12.2 Å². The highest BCUT2D eigenvalue weighted by atomic mass is 35.5. The maximum absolute atomic E-state index is 11.7. The number of para-hydroxylation sites is 1. The van der Waals surface area contributed by atoms with Crippen LogP contribution in [0.25, 0.3) is 0 Å². The number of benzene rings is 1. The van der Waals surface area contributed by atoms with Gasteiger partial charge in [0.25, 0.3) is 0 Å². The summed E-state index contributed by atoms with van der Waals surface area (Å²) in [4.78, 5) is 13.1. The topological polar surface area (TPSA) is 49.8 Å². The summed E-state index contributed by atoms with van der Waals surface area (Å²) in [7, 11) is 0. The van der Waals surface area contributed by atoms with Gasteiger partial charge in [0.15, 0.2) is 0 Å². The summed E-state index contributed by atoms with van der Waals surface area (Å²) in [6.07, 6.45) is -0.252. The van der Waals surface area contributed by atoms with Gasteiger partial charge in [-0.25, -0.2) is 4.79 Å². The molecule has 1 aromatic rings. The number of ether oxygens (including phenoxy) is 1. The molecule has 1 unspecified atom stereocenters.